The van der Waals surface area contributed by atoms with Crippen LogP contribution in [-0.2, 0) is 14.3 Å². The Hall–Kier alpha value is -3.15. The minimum atomic E-state index is -0.862. The zero-order valence-corrected chi connectivity index (χ0v) is 17.6. The third-order valence-electron chi connectivity index (χ3n) is 4.59. The summed E-state index contributed by atoms with van der Waals surface area (Å²) in [6, 6.07) is 10.5. The van der Waals surface area contributed by atoms with Crippen molar-refractivity contribution in [2.24, 2.45) is 0 Å². The number of nitrogens with one attached hydrogen (secondary N) is 1. The second-order valence-corrected chi connectivity index (χ2v) is 7.25. The number of carbonyl (C=O) groups is 3. The van der Waals surface area contributed by atoms with Crippen molar-refractivity contribution in [2.75, 3.05) is 6.61 Å². The summed E-state index contributed by atoms with van der Waals surface area (Å²) in [7, 11) is 0. The first-order chi connectivity index (χ1) is 13.7. The quantitative estimate of drug-likeness (QED) is 0.420. The lowest BCUT2D eigenvalue weighted by Crippen LogP contribution is -2.39. The summed E-state index contributed by atoms with van der Waals surface area (Å²) in [5.74, 6) is -1.33. The van der Waals surface area contributed by atoms with E-state index in [1.54, 1.807) is 6.08 Å². The van der Waals surface area contributed by atoms with E-state index in [0.29, 0.717) is 5.56 Å². The molecule has 0 saturated heterocycles. The van der Waals surface area contributed by atoms with Gasteiger partial charge < -0.3 is 14.6 Å². The first kappa shape index (κ1) is 22.1. The molecule has 0 aliphatic carbocycles. The van der Waals surface area contributed by atoms with Crippen LogP contribution in [0.15, 0.2) is 42.5 Å². The van der Waals surface area contributed by atoms with Gasteiger partial charge in [0.1, 0.15) is 6.04 Å². The fraction of sp³-hybridized carbons (Fsp3) is 0.348. The van der Waals surface area contributed by atoms with E-state index in [-0.39, 0.29) is 18.4 Å². The maximum Gasteiger partial charge on any atom is 0.328 e. The molecular weight excluding hydrogens is 368 g/mol. The van der Waals surface area contributed by atoms with Crippen LogP contribution in [0.1, 0.15) is 54.1 Å². The van der Waals surface area contributed by atoms with Gasteiger partial charge >= 0.3 is 5.97 Å². The predicted molar refractivity (Wildman–Crippen MR) is 113 cm³/mol. The number of ether oxygens (including phenoxy) is 1. The highest BCUT2D eigenvalue weighted by atomic mass is 16.5. The number of ketones is 1. The first-order valence-electron chi connectivity index (χ1n) is 9.62. The summed E-state index contributed by atoms with van der Waals surface area (Å²) in [4.78, 5) is 36.6. The molecule has 1 atom stereocenters. The lowest BCUT2D eigenvalue weighted by molar-refractivity contribution is -0.145. The van der Waals surface area contributed by atoms with Crippen molar-refractivity contribution in [1.29, 1.82) is 0 Å². The molecule has 0 bridgehead atoms. The van der Waals surface area contributed by atoms with E-state index in [1.165, 1.54) is 13.0 Å². The molecule has 0 radical (unpaired) electrons. The van der Waals surface area contributed by atoms with Crippen molar-refractivity contribution in [3.05, 3.63) is 65.0 Å². The molecule has 29 heavy (non-hydrogen) atoms. The van der Waals surface area contributed by atoms with E-state index >= 15 is 0 Å². The number of rotatable bonds is 8. The zero-order chi connectivity index (χ0) is 21.6. The molecule has 154 valence electrons. The number of nitrogens with zero attached hydrogens (tertiary/aromatic N) is 1. The number of aromatic nitrogens is 1. The van der Waals surface area contributed by atoms with Gasteiger partial charge in [0.25, 0.3) is 0 Å². The highest BCUT2D eigenvalue weighted by Gasteiger charge is 2.21. The predicted octanol–water partition coefficient (Wildman–Crippen LogP) is 3.63. The van der Waals surface area contributed by atoms with Gasteiger partial charge in [-0.3, -0.25) is 9.59 Å². The van der Waals surface area contributed by atoms with Crippen molar-refractivity contribution >= 4 is 23.7 Å². The second kappa shape index (κ2) is 9.87. The molecule has 0 saturated carbocycles. The summed E-state index contributed by atoms with van der Waals surface area (Å²) in [5.41, 5.74) is 3.26. The molecule has 1 aromatic heterocycles. The Morgan fingerprint density at radius 2 is 1.76 bits per heavy atom. The van der Waals surface area contributed by atoms with Crippen LogP contribution in [0.2, 0.25) is 0 Å². The molecule has 6 nitrogen and oxygen atoms in total. The monoisotopic (exact) mass is 396 g/mol. The van der Waals surface area contributed by atoms with E-state index in [2.05, 4.69) is 9.88 Å². The highest BCUT2D eigenvalue weighted by Crippen LogP contribution is 2.20. The molecule has 1 N–H and O–H groups in total. The van der Waals surface area contributed by atoms with Crippen molar-refractivity contribution in [3.63, 3.8) is 0 Å². The summed E-state index contributed by atoms with van der Waals surface area (Å²) in [6.45, 7) is 9.07. The largest absolute Gasteiger partial charge is 0.456 e. The number of hydrogen-bond donors (Lipinski definition) is 1. The topological polar surface area (TPSA) is 77.4 Å². The maximum atomic E-state index is 12.5. The lowest BCUT2D eigenvalue weighted by Gasteiger charge is -2.14. The van der Waals surface area contributed by atoms with Gasteiger partial charge in [-0.15, -0.1) is 0 Å². The Bertz CT molecular complexity index is 910. The van der Waals surface area contributed by atoms with E-state index in [1.807, 2.05) is 64.1 Å². The normalized spacial score (nSPS) is 12.2. The van der Waals surface area contributed by atoms with Gasteiger partial charge in [-0.2, -0.15) is 0 Å². The minimum Gasteiger partial charge on any atom is -0.456 e. The number of carbonyl (C=O) groups excluding carboxylic acids is 3. The number of Topliss-reactive ketones (excluding diaryl/α,β-unsaturated/α-hetero) is 1. The van der Waals surface area contributed by atoms with Crippen molar-refractivity contribution < 1.29 is 19.1 Å². The van der Waals surface area contributed by atoms with Crippen LogP contribution in [0.3, 0.4) is 0 Å². The number of amides is 1. The van der Waals surface area contributed by atoms with Gasteiger partial charge in [0.2, 0.25) is 11.7 Å². The fourth-order valence-corrected chi connectivity index (χ4v) is 3.25. The summed E-state index contributed by atoms with van der Waals surface area (Å²) < 4.78 is 7.18. The van der Waals surface area contributed by atoms with Crippen LogP contribution in [0, 0.1) is 13.8 Å². The number of benzene rings is 1. The van der Waals surface area contributed by atoms with Crippen LogP contribution < -0.4 is 5.32 Å². The minimum absolute atomic E-state index is 0.235. The molecule has 0 aliphatic rings. The summed E-state index contributed by atoms with van der Waals surface area (Å²) in [6.07, 6.45) is 3.01. The SMILES string of the molecule is Cc1cc(C(=O)COC(=O)[C@H](C)NC(=O)/C=C/c2ccccc2)c(C)n1C(C)C. The second-order valence-electron chi connectivity index (χ2n) is 7.25. The summed E-state index contributed by atoms with van der Waals surface area (Å²) >= 11 is 0. The van der Waals surface area contributed by atoms with E-state index in [4.69, 9.17) is 4.74 Å². The fourth-order valence-electron chi connectivity index (χ4n) is 3.25. The van der Waals surface area contributed by atoms with Crippen LogP contribution in [0.25, 0.3) is 6.08 Å². The Labute approximate surface area is 171 Å². The Morgan fingerprint density at radius 1 is 1.10 bits per heavy atom. The van der Waals surface area contributed by atoms with Crippen molar-refractivity contribution in [2.45, 2.75) is 46.7 Å². The average Bonchev–Trinajstić information content (AvgIpc) is 2.99. The number of aryl methyl sites for hydroxylation is 1. The van der Waals surface area contributed by atoms with Gasteiger partial charge in [-0.05, 0) is 52.3 Å². The molecular formula is C23H28N2O4. The summed E-state index contributed by atoms with van der Waals surface area (Å²) in [5, 5.41) is 2.54. The molecule has 2 rings (SSSR count). The van der Waals surface area contributed by atoms with Crippen molar-refractivity contribution in [3.8, 4) is 0 Å². The number of esters is 1. The van der Waals surface area contributed by atoms with Crippen molar-refractivity contribution in [1.82, 2.24) is 9.88 Å². The molecule has 1 amide bonds. The van der Waals surface area contributed by atoms with E-state index < -0.39 is 17.9 Å². The smallest absolute Gasteiger partial charge is 0.328 e. The first-order valence-corrected chi connectivity index (χ1v) is 9.62. The third-order valence-corrected chi connectivity index (χ3v) is 4.59. The Kier molecular flexibility index (Phi) is 7.53. The van der Waals surface area contributed by atoms with Gasteiger partial charge in [0, 0.05) is 29.1 Å². The van der Waals surface area contributed by atoms with E-state index in [9.17, 15) is 14.4 Å². The van der Waals surface area contributed by atoms with Gasteiger partial charge in [-0.25, -0.2) is 4.79 Å². The molecule has 1 heterocycles. The van der Waals surface area contributed by atoms with E-state index in [0.717, 1.165) is 17.0 Å². The van der Waals surface area contributed by atoms with Crippen LogP contribution >= 0.6 is 0 Å². The van der Waals surface area contributed by atoms with Gasteiger partial charge in [-0.1, -0.05) is 30.3 Å². The van der Waals surface area contributed by atoms with Crippen LogP contribution in [0.4, 0.5) is 0 Å². The average molecular weight is 396 g/mol. The number of hydrogen-bond acceptors (Lipinski definition) is 4. The Balaban J connectivity index is 1.88. The van der Waals surface area contributed by atoms with Gasteiger partial charge in [0.15, 0.2) is 6.61 Å². The lowest BCUT2D eigenvalue weighted by atomic mass is 10.1. The molecule has 0 spiro atoms. The molecule has 0 aliphatic heterocycles. The molecule has 1 aromatic carbocycles. The molecule has 2 aromatic rings. The third kappa shape index (κ3) is 5.91. The van der Waals surface area contributed by atoms with Gasteiger partial charge in [0.05, 0.1) is 0 Å². The van der Waals surface area contributed by atoms with Crippen LogP contribution in [-0.4, -0.2) is 34.9 Å². The Morgan fingerprint density at radius 3 is 2.34 bits per heavy atom. The van der Waals surface area contributed by atoms with Crippen LogP contribution in [0.5, 0.6) is 0 Å². The highest BCUT2D eigenvalue weighted by molar-refractivity contribution is 6.00. The molecule has 6 heteroatoms. The molecule has 0 unspecified atom stereocenters. The standard InChI is InChI=1S/C23H28N2O4/c1-15(2)25-16(3)13-20(18(25)5)21(26)14-29-23(28)17(4)24-22(27)12-11-19-9-7-6-8-10-19/h6-13,15,17H,14H2,1-5H3,(H,24,27)/b12-11+/t17-/m0/s1. The molecule has 0 fully saturated rings. The maximum absolute atomic E-state index is 12.5. The zero-order valence-electron chi connectivity index (χ0n) is 17.6.